The molecule has 0 saturated carbocycles. The van der Waals surface area contributed by atoms with Gasteiger partial charge in [0, 0.05) is 21.0 Å². The van der Waals surface area contributed by atoms with E-state index >= 15 is 0 Å². The number of anilines is 1. The largest absolute Gasteiger partial charge is 0.416 e. The molecule has 0 fully saturated rings. The molecular weight excluding hydrogens is 404 g/mol. The summed E-state index contributed by atoms with van der Waals surface area (Å²) in [6.45, 7) is 0. The molecule has 0 atom stereocenters. The first-order valence-electron chi connectivity index (χ1n) is 8.22. The molecule has 29 heavy (non-hydrogen) atoms. The number of nitrogens with zero attached hydrogens (tertiary/aromatic N) is 1. The van der Waals surface area contributed by atoms with Crippen LogP contribution in [0.1, 0.15) is 21.5 Å². The number of nitrogens with one attached hydrogen (secondary N) is 1. The lowest BCUT2D eigenvalue weighted by molar-refractivity contribution is -0.137. The summed E-state index contributed by atoms with van der Waals surface area (Å²) in [7, 11) is 0. The normalized spacial score (nSPS) is 11.0. The lowest BCUT2D eigenvalue weighted by Crippen LogP contribution is -2.12. The Morgan fingerprint density at radius 1 is 1.00 bits per heavy atom. The number of hydrogen-bond donors (Lipinski definition) is 1. The third-order valence-electron chi connectivity index (χ3n) is 3.85. The fourth-order valence-corrected chi connectivity index (χ4v) is 3.39. The summed E-state index contributed by atoms with van der Waals surface area (Å²) < 4.78 is 51.6. The van der Waals surface area contributed by atoms with Gasteiger partial charge >= 0.3 is 6.18 Å². The molecule has 8 heteroatoms. The van der Waals surface area contributed by atoms with Gasteiger partial charge in [-0.2, -0.15) is 18.4 Å². The molecule has 1 N–H and O–H groups in total. The molecule has 0 unspecified atom stereocenters. The molecule has 0 saturated heterocycles. The topological polar surface area (TPSA) is 52.9 Å². The van der Waals surface area contributed by atoms with Crippen molar-refractivity contribution in [2.45, 2.75) is 16.0 Å². The van der Waals surface area contributed by atoms with Gasteiger partial charge < -0.3 is 5.32 Å². The predicted octanol–water partition coefficient (Wildman–Crippen LogP) is 6.12. The Morgan fingerprint density at radius 3 is 2.38 bits per heavy atom. The second kappa shape index (κ2) is 8.37. The molecule has 3 rings (SSSR count). The van der Waals surface area contributed by atoms with E-state index < -0.39 is 23.5 Å². The molecule has 0 aliphatic rings. The molecule has 0 heterocycles. The highest BCUT2D eigenvalue weighted by Gasteiger charge is 2.30. The molecule has 3 aromatic rings. The van der Waals surface area contributed by atoms with E-state index in [9.17, 15) is 27.6 Å². The Balaban J connectivity index is 1.80. The minimum Gasteiger partial charge on any atom is -0.322 e. The van der Waals surface area contributed by atoms with E-state index in [4.69, 9.17) is 0 Å². The van der Waals surface area contributed by atoms with Gasteiger partial charge in [-0.25, -0.2) is 4.39 Å². The van der Waals surface area contributed by atoms with Gasteiger partial charge in [0.05, 0.1) is 11.1 Å². The van der Waals surface area contributed by atoms with Gasteiger partial charge in [-0.3, -0.25) is 4.79 Å². The SMILES string of the molecule is N#Cc1cc(NC(=O)c2ccc(F)cc2)ccc1Sc1cccc(C(F)(F)F)c1. The lowest BCUT2D eigenvalue weighted by Gasteiger charge is -2.10. The number of amides is 1. The zero-order valence-electron chi connectivity index (χ0n) is 14.6. The third-order valence-corrected chi connectivity index (χ3v) is 4.92. The second-order valence-corrected chi connectivity index (χ2v) is 7.03. The Labute approximate surface area is 168 Å². The van der Waals surface area contributed by atoms with Gasteiger partial charge in [-0.05, 0) is 60.7 Å². The van der Waals surface area contributed by atoms with Gasteiger partial charge in [0.1, 0.15) is 11.9 Å². The zero-order valence-corrected chi connectivity index (χ0v) is 15.4. The van der Waals surface area contributed by atoms with Crippen LogP contribution in [0.3, 0.4) is 0 Å². The quantitative estimate of drug-likeness (QED) is 0.522. The molecule has 3 nitrogen and oxygen atoms in total. The van der Waals surface area contributed by atoms with Gasteiger partial charge in [-0.1, -0.05) is 17.8 Å². The number of hydrogen-bond acceptors (Lipinski definition) is 3. The Hall–Kier alpha value is -3.31. The summed E-state index contributed by atoms with van der Waals surface area (Å²) in [5, 5.41) is 12.0. The van der Waals surface area contributed by atoms with E-state index in [-0.39, 0.29) is 11.1 Å². The minimum atomic E-state index is -4.46. The Kier molecular flexibility index (Phi) is 5.89. The third kappa shape index (κ3) is 5.15. The number of benzene rings is 3. The number of halogens is 4. The van der Waals surface area contributed by atoms with Crippen LogP contribution in [0.2, 0.25) is 0 Å². The van der Waals surface area contributed by atoms with Crippen LogP contribution in [0.15, 0.2) is 76.5 Å². The molecule has 0 radical (unpaired) electrons. The van der Waals surface area contributed by atoms with Crippen molar-refractivity contribution in [1.82, 2.24) is 0 Å². The number of alkyl halides is 3. The highest BCUT2D eigenvalue weighted by Crippen LogP contribution is 2.36. The minimum absolute atomic E-state index is 0.198. The Bertz CT molecular complexity index is 1090. The lowest BCUT2D eigenvalue weighted by atomic mass is 10.2. The van der Waals surface area contributed by atoms with Crippen LogP contribution in [0, 0.1) is 17.1 Å². The van der Waals surface area contributed by atoms with Crippen LogP contribution in [0.25, 0.3) is 0 Å². The van der Waals surface area contributed by atoms with E-state index in [1.165, 1.54) is 36.4 Å². The van der Waals surface area contributed by atoms with Crippen LogP contribution >= 0.6 is 11.8 Å². The number of rotatable bonds is 4. The summed E-state index contributed by atoms with van der Waals surface area (Å²) in [5.41, 5.74) is 0.00472. The van der Waals surface area contributed by atoms with Crippen molar-refractivity contribution in [2.75, 3.05) is 5.32 Å². The molecule has 0 aliphatic heterocycles. The maximum Gasteiger partial charge on any atom is 0.416 e. The van der Waals surface area contributed by atoms with Gasteiger partial charge in [0.2, 0.25) is 0 Å². The average Bonchev–Trinajstić information content (AvgIpc) is 2.69. The van der Waals surface area contributed by atoms with Crippen molar-refractivity contribution in [2.24, 2.45) is 0 Å². The van der Waals surface area contributed by atoms with Crippen molar-refractivity contribution in [3.63, 3.8) is 0 Å². The first-order chi connectivity index (χ1) is 13.8. The summed E-state index contributed by atoms with van der Waals surface area (Å²) in [6, 6.07) is 16.3. The molecular formula is C21H12F4N2OS. The van der Waals surface area contributed by atoms with E-state index in [0.717, 1.165) is 36.0 Å². The van der Waals surface area contributed by atoms with Crippen molar-refractivity contribution in [1.29, 1.82) is 5.26 Å². The maximum atomic E-state index is 13.0. The summed E-state index contributed by atoms with van der Waals surface area (Å²) in [6.07, 6.45) is -4.46. The summed E-state index contributed by atoms with van der Waals surface area (Å²) in [5.74, 6) is -0.948. The average molecular weight is 416 g/mol. The summed E-state index contributed by atoms with van der Waals surface area (Å²) in [4.78, 5) is 13.0. The highest BCUT2D eigenvalue weighted by molar-refractivity contribution is 7.99. The van der Waals surface area contributed by atoms with Gasteiger partial charge in [0.15, 0.2) is 0 Å². The van der Waals surface area contributed by atoms with Crippen LogP contribution in [0.4, 0.5) is 23.2 Å². The van der Waals surface area contributed by atoms with E-state index in [1.54, 1.807) is 6.07 Å². The van der Waals surface area contributed by atoms with Gasteiger partial charge in [0.25, 0.3) is 5.91 Å². The zero-order chi connectivity index (χ0) is 21.0. The van der Waals surface area contributed by atoms with E-state index in [0.29, 0.717) is 15.5 Å². The molecule has 3 aromatic carbocycles. The molecule has 0 aromatic heterocycles. The fourth-order valence-electron chi connectivity index (χ4n) is 2.45. The number of carbonyl (C=O) groups is 1. The van der Waals surface area contributed by atoms with Crippen molar-refractivity contribution >= 4 is 23.4 Å². The predicted molar refractivity (Wildman–Crippen MR) is 101 cm³/mol. The van der Waals surface area contributed by atoms with Crippen LogP contribution in [-0.4, -0.2) is 5.91 Å². The monoisotopic (exact) mass is 416 g/mol. The Morgan fingerprint density at radius 2 is 1.72 bits per heavy atom. The van der Waals surface area contributed by atoms with Crippen LogP contribution in [-0.2, 0) is 6.18 Å². The van der Waals surface area contributed by atoms with Crippen LogP contribution < -0.4 is 5.32 Å². The number of nitriles is 1. The molecule has 0 bridgehead atoms. The van der Waals surface area contributed by atoms with Gasteiger partial charge in [-0.15, -0.1) is 0 Å². The smallest absolute Gasteiger partial charge is 0.322 e. The van der Waals surface area contributed by atoms with Crippen molar-refractivity contribution in [3.8, 4) is 6.07 Å². The second-order valence-electron chi connectivity index (χ2n) is 5.91. The fraction of sp³-hybridized carbons (Fsp3) is 0.0476. The maximum absolute atomic E-state index is 13.0. The standard InChI is InChI=1S/C21H12F4N2OS/c22-16-6-4-13(5-7-16)20(28)27-17-8-9-19(14(10-17)12-26)29-18-3-1-2-15(11-18)21(23,24)25/h1-11H,(H,27,28). The van der Waals surface area contributed by atoms with Crippen molar-refractivity contribution < 1.29 is 22.4 Å². The summed E-state index contributed by atoms with van der Waals surface area (Å²) >= 11 is 1.02. The first-order valence-corrected chi connectivity index (χ1v) is 9.04. The highest BCUT2D eigenvalue weighted by atomic mass is 32.2. The molecule has 0 aliphatic carbocycles. The molecule has 1 amide bonds. The van der Waals surface area contributed by atoms with E-state index in [2.05, 4.69) is 5.32 Å². The van der Waals surface area contributed by atoms with Crippen molar-refractivity contribution in [3.05, 3.63) is 89.2 Å². The number of carbonyl (C=O) groups excluding carboxylic acids is 1. The van der Waals surface area contributed by atoms with Crippen LogP contribution in [0.5, 0.6) is 0 Å². The molecule has 0 spiro atoms. The first kappa shape index (κ1) is 20.4. The van der Waals surface area contributed by atoms with E-state index in [1.807, 2.05) is 6.07 Å². The molecule has 146 valence electrons.